The molecule has 0 saturated heterocycles. The fourth-order valence-electron chi connectivity index (χ4n) is 1.80. The van der Waals surface area contributed by atoms with Gasteiger partial charge in [0.25, 0.3) is 0 Å². The maximum Gasteiger partial charge on any atom is 0.238 e. The predicted octanol–water partition coefficient (Wildman–Crippen LogP) is 8.37. The molecule has 0 radical (unpaired) electrons. The van der Waals surface area contributed by atoms with Gasteiger partial charge in [0.05, 0.1) is 0 Å². The molecule has 2 rings (SSSR count). The van der Waals surface area contributed by atoms with Gasteiger partial charge in [-0.1, -0.05) is 92.5 Å². The van der Waals surface area contributed by atoms with Crippen LogP contribution in [-0.2, 0) is 0 Å². The highest BCUT2D eigenvalue weighted by Crippen LogP contribution is 2.21. The summed E-state index contributed by atoms with van der Waals surface area (Å²) in [6.07, 6.45) is 4.47. The summed E-state index contributed by atoms with van der Waals surface area (Å²) in [6, 6.07) is 14.6. The van der Waals surface area contributed by atoms with Crippen LogP contribution in [0.3, 0.4) is 0 Å². The van der Waals surface area contributed by atoms with Crippen LogP contribution in [0.25, 0.3) is 0 Å². The first-order valence-electron chi connectivity index (χ1n) is 11.1. The Morgan fingerprint density at radius 2 is 0.933 bits per heavy atom. The van der Waals surface area contributed by atoms with E-state index in [0.717, 1.165) is 0 Å². The third-order valence-corrected chi connectivity index (χ3v) is 2.73. The Morgan fingerprint density at radius 1 is 0.667 bits per heavy atom. The van der Waals surface area contributed by atoms with Gasteiger partial charge < -0.3 is 20.3 Å². The van der Waals surface area contributed by atoms with Crippen molar-refractivity contribution in [2.75, 3.05) is 0 Å². The van der Waals surface area contributed by atoms with E-state index in [2.05, 4.69) is 27.7 Å². The molecule has 30 heavy (non-hydrogen) atoms. The summed E-state index contributed by atoms with van der Waals surface area (Å²) in [7, 11) is 0. The van der Waals surface area contributed by atoms with Gasteiger partial charge in [0, 0.05) is 30.5 Å². The van der Waals surface area contributed by atoms with Gasteiger partial charge in [-0.05, 0) is 24.3 Å². The van der Waals surface area contributed by atoms with Gasteiger partial charge >= 0.3 is 0 Å². The van der Waals surface area contributed by atoms with E-state index in [0.29, 0.717) is 22.6 Å². The first kappa shape index (κ1) is 32.1. The number of hydrogen-bond acceptors (Lipinski definition) is 4. The highest BCUT2D eigenvalue weighted by Gasteiger charge is 2.10. The molecule has 4 nitrogen and oxygen atoms in total. The molecule has 4 heteroatoms. The van der Waals surface area contributed by atoms with E-state index in [9.17, 15) is 0 Å². The number of nitrogens with one attached hydrogen (secondary N) is 2. The standard InChI is InChI=1S/C16H16N2O2.2C3H8.2C2H6/c1-12(19-15-8-4-2-6-13(15)10-17)20-16-9-5-3-7-14(16)11-18;2*1-3-2;2*1-2/h2-12,17-18H,1H3;2*3H2,1-2H3;2*1-2H3. The van der Waals surface area contributed by atoms with Gasteiger partial charge in [-0.2, -0.15) is 0 Å². The van der Waals surface area contributed by atoms with Crippen LogP contribution >= 0.6 is 0 Å². The fraction of sp³-hybridized carbons (Fsp3) is 0.462. The summed E-state index contributed by atoms with van der Waals surface area (Å²) < 4.78 is 11.4. The van der Waals surface area contributed by atoms with Crippen LogP contribution in [-0.4, -0.2) is 18.7 Å². The van der Waals surface area contributed by atoms with Crippen molar-refractivity contribution in [1.82, 2.24) is 0 Å². The van der Waals surface area contributed by atoms with E-state index in [4.69, 9.17) is 20.3 Å². The molecular weight excluding hydrogens is 372 g/mol. The van der Waals surface area contributed by atoms with E-state index in [1.54, 1.807) is 31.2 Å². The lowest BCUT2D eigenvalue weighted by Crippen LogP contribution is -2.20. The van der Waals surface area contributed by atoms with Crippen LogP contribution < -0.4 is 9.47 Å². The number of para-hydroxylation sites is 2. The van der Waals surface area contributed by atoms with Crippen molar-refractivity contribution < 1.29 is 9.47 Å². The Kier molecular flexibility index (Phi) is 26.1. The first-order valence-corrected chi connectivity index (χ1v) is 11.1. The lowest BCUT2D eigenvalue weighted by molar-refractivity contribution is 0.0221. The van der Waals surface area contributed by atoms with Crippen LogP contribution in [0.1, 0.15) is 86.3 Å². The average Bonchev–Trinajstić information content (AvgIpc) is 2.78. The first-order chi connectivity index (χ1) is 14.6. The molecule has 0 heterocycles. The molecule has 0 aliphatic carbocycles. The van der Waals surface area contributed by atoms with E-state index in [1.165, 1.54) is 25.3 Å². The zero-order valence-electron chi connectivity index (χ0n) is 20.6. The Bertz CT molecular complexity index is 587. The Hall–Kier alpha value is -2.62. The monoisotopic (exact) mass is 416 g/mol. The maximum atomic E-state index is 7.34. The molecule has 0 aliphatic heterocycles. The predicted molar refractivity (Wildman–Crippen MR) is 134 cm³/mol. The van der Waals surface area contributed by atoms with Crippen LogP contribution in [0.15, 0.2) is 48.5 Å². The van der Waals surface area contributed by atoms with Gasteiger partial charge in [-0.15, -0.1) is 0 Å². The van der Waals surface area contributed by atoms with Crippen molar-refractivity contribution in [2.24, 2.45) is 0 Å². The van der Waals surface area contributed by atoms with Gasteiger partial charge in [-0.25, -0.2) is 0 Å². The molecule has 0 amide bonds. The number of benzene rings is 2. The molecular formula is C26H44N2O2. The smallest absolute Gasteiger partial charge is 0.238 e. The highest BCUT2D eigenvalue weighted by molar-refractivity contribution is 5.81. The molecule has 0 bridgehead atoms. The van der Waals surface area contributed by atoms with E-state index in [-0.39, 0.29) is 0 Å². The maximum absolute atomic E-state index is 7.34. The summed E-state index contributed by atoms with van der Waals surface area (Å²) in [5, 5.41) is 14.7. The molecule has 0 atom stereocenters. The SMILES string of the molecule is CC.CC.CC(Oc1ccccc1C=N)Oc1ccccc1C=N.CCC.CCC. The largest absolute Gasteiger partial charge is 0.455 e. The Morgan fingerprint density at radius 3 is 1.20 bits per heavy atom. The van der Waals surface area contributed by atoms with Gasteiger partial charge in [0.1, 0.15) is 11.5 Å². The molecule has 0 fully saturated rings. The number of hydrogen-bond donors (Lipinski definition) is 2. The summed E-state index contributed by atoms with van der Waals surface area (Å²) in [5.41, 5.74) is 1.39. The van der Waals surface area contributed by atoms with Crippen molar-refractivity contribution in [3.63, 3.8) is 0 Å². The molecule has 2 aromatic carbocycles. The average molecular weight is 417 g/mol. The van der Waals surface area contributed by atoms with Crippen molar-refractivity contribution in [3.8, 4) is 11.5 Å². The van der Waals surface area contributed by atoms with Crippen LogP contribution in [0.4, 0.5) is 0 Å². The second kappa shape index (κ2) is 24.4. The highest BCUT2D eigenvalue weighted by atomic mass is 16.7. The van der Waals surface area contributed by atoms with E-state index >= 15 is 0 Å². The molecule has 170 valence electrons. The van der Waals surface area contributed by atoms with Crippen molar-refractivity contribution >= 4 is 12.4 Å². The van der Waals surface area contributed by atoms with Gasteiger partial charge in [0.15, 0.2) is 0 Å². The minimum atomic E-state index is -0.516. The normalized spacial score (nSPS) is 9.23. The number of rotatable bonds is 6. The number of ether oxygens (including phenoxy) is 2. The molecule has 0 aromatic heterocycles. The zero-order chi connectivity index (χ0) is 23.8. The molecule has 2 aromatic rings. The van der Waals surface area contributed by atoms with Gasteiger partial charge in [0.2, 0.25) is 6.29 Å². The lowest BCUT2D eigenvalue weighted by Gasteiger charge is -2.18. The van der Waals surface area contributed by atoms with Crippen LogP contribution in [0.5, 0.6) is 11.5 Å². The Balaban J connectivity index is -0.000000626. The van der Waals surface area contributed by atoms with E-state index < -0.39 is 6.29 Å². The zero-order valence-corrected chi connectivity index (χ0v) is 20.6. The molecule has 2 N–H and O–H groups in total. The molecule has 0 unspecified atom stereocenters. The van der Waals surface area contributed by atoms with Crippen molar-refractivity contribution in [1.29, 1.82) is 10.8 Å². The second-order valence-electron chi connectivity index (χ2n) is 5.58. The summed E-state index contributed by atoms with van der Waals surface area (Å²) in [5.74, 6) is 1.20. The topological polar surface area (TPSA) is 66.2 Å². The third kappa shape index (κ3) is 15.3. The van der Waals surface area contributed by atoms with Gasteiger partial charge in [-0.3, -0.25) is 0 Å². The minimum Gasteiger partial charge on any atom is -0.455 e. The third-order valence-electron chi connectivity index (χ3n) is 2.73. The fourth-order valence-corrected chi connectivity index (χ4v) is 1.80. The molecule has 0 saturated carbocycles. The summed E-state index contributed by atoms with van der Waals surface area (Å²) in [4.78, 5) is 0. The van der Waals surface area contributed by atoms with E-state index in [1.807, 2.05) is 52.0 Å². The minimum absolute atomic E-state index is 0.516. The van der Waals surface area contributed by atoms with Crippen LogP contribution in [0.2, 0.25) is 0 Å². The molecule has 0 aliphatic rings. The van der Waals surface area contributed by atoms with Crippen molar-refractivity contribution in [2.45, 2.75) is 81.4 Å². The Labute approximate surface area is 185 Å². The lowest BCUT2D eigenvalue weighted by atomic mass is 10.2. The second-order valence-corrected chi connectivity index (χ2v) is 5.58. The quantitative estimate of drug-likeness (QED) is 0.367. The summed E-state index contributed by atoms with van der Waals surface area (Å²) >= 11 is 0. The summed E-state index contributed by atoms with van der Waals surface area (Å²) in [6.45, 7) is 18.3. The van der Waals surface area contributed by atoms with Crippen LogP contribution in [0, 0.1) is 10.8 Å². The van der Waals surface area contributed by atoms with Crippen molar-refractivity contribution in [3.05, 3.63) is 59.7 Å². The molecule has 0 spiro atoms.